The van der Waals surface area contributed by atoms with Crippen LogP contribution in [0.4, 0.5) is 0 Å². The standard InChI is InChI=1S/C10H10N2O4S/c1-16-10(13)6-2-3-8-7(4-6)9(5-12-8)17(11,14)15/h2-5,12H,1H3,(H2,11,14,15). The summed E-state index contributed by atoms with van der Waals surface area (Å²) >= 11 is 0. The van der Waals surface area contributed by atoms with Crippen molar-refractivity contribution in [1.82, 2.24) is 4.98 Å². The molecule has 1 aromatic carbocycles. The Morgan fingerprint density at radius 1 is 1.41 bits per heavy atom. The van der Waals surface area contributed by atoms with Crippen LogP contribution in [0.25, 0.3) is 10.9 Å². The fraction of sp³-hybridized carbons (Fsp3) is 0.100. The zero-order valence-corrected chi connectivity index (χ0v) is 9.74. The number of hydrogen-bond donors (Lipinski definition) is 2. The van der Waals surface area contributed by atoms with Crippen LogP contribution in [0.1, 0.15) is 10.4 Å². The van der Waals surface area contributed by atoms with Gasteiger partial charge in [-0.25, -0.2) is 18.4 Å². The maximum atomic E-state index is 11.3. The monoisotopic (exact) mass is 254 g/mol. The molecule has 0 saturated heterocycles. The molecule has 0 fully saturated rings. The molecule has 0 aliphatic heterocycles. The summed E-state index contributed by atoms with van der Waals surface area (Å²) in [4.78, 5) is 14.1. The van der Waals surface area contributed by atoms with Gasteiger partial charge in [0.05, 0.1) is 12.7 Å². The molecule has 0 amide bonds. The molecule has 0 aliphatic carbocycles. The number of fused-ring (bicyclic) bond motifs is 1. The molecule has 0 aliphatic rings. The zero-order valence-electron chi connectivity index (χ0n) is 8.93. The van der Waals surface area contributed by atoms with E-state index in [-0.39, 0.29) is 10.5 Å². The van der Waals surface area contributed by atoms with Crippen LogP contribution in [0.2, 0.25) is 0 Å². The molecule has 2 rings (SSSR count). The van der Waals surface area contributed by atoms with Gasteiger partial charge in [-0.3, -0.25) is 0 Å². The van der Waals surface area contributed by atoms with Crippen LogP contribution in [0.5, 0.6) is 0 Å². The molecule has 0 bridgehead atoms. The van der Waals surface area contributed by atoms with Gasteiger partial charge in [-0.05, 0) is 18.2 Å². The number of nitrogens with one attached hydrogen (secondary N) is 1. The number of hydrogen-bond acceptors (Lipinski definition) is 4. The predicted octanol–water partition coefficient (Wildman–Crippen LogP) is 0.602. The third kappa shape index (κ3) is 2.02. The lowest BCUT2D eigenvalue weighted by atomic mass is 10.1. The number of primary sulfonamides is 1. The van der Waals surface area contributed by atoms with Gasteiger partial charge in [0.2, 0.25) is 10.0 Å². The van der Waals surface area contributed by atoms with Crippen LogP contribution in [-0.4, -0.2) is 26.5 Å². The summed E-state index contributed by atoms with van der Waals surface area (Å²) in [7, 11) is -2.56. The number of ether oxygens (including phenoxy) is 1. The molecule has 17 heavy (non-hydrogen) atoms. The van der Waals surface area contributed by atoms with Gasteiger partial charge in [-0.2, -0.15) is 0 Å². The van der Waals surface area contributed by atoms with Crippen molar-refractivity contribution < 1.29 is 17.9 Å². The van der Waals surface area contributed by atoms with Crippen molar-refractivity contribution in [1.29, 1.82) is 0 Å². The van der Waals surface area contributed by atoms with E-state index in [0.717, 1.165) is 0 Å². The van der Waals surface area contributed by atoms with Crippen LogP contribution in [0, 0.1) is 0 Å². The van der Waals surface area contributed by atoms with Gasteiger partial charge in [-0.1, -0.05) is 0 Å². The Hall–Kier alpha value is -1.86. The molecular weight excluding hydrogens is 244 g/mol. The Morgan fingerprint density at radius 3 is 2.71 bits per heavy atom. The normalized spacial score (nSPS) is 11.6. The molecule has 1 aromatic heterocycles. The quantitative estimate of drug-likeness (QED) is 0.766. The molecule has 1 heterocycles. The number of H-pyrrole nitrogens is 1. The van der Waals surface area contributed by atoms with Crippen molar-refractivity contribution in [3.63, 3.8) is 0 Å². The molecule has 3 N–H and O–H groups in total. The average molecular weight is 254 g/mol. The van der Waals surface area contributed by atoms with Crippen LogP contribution < -0.4 is 5.14 Å². The molecule has 7 heteroatoms. The SMILES string of the molecule is COC(=O)c1ccc2[nH]cc(S(N)(=O)=O)c2c1. The van der Waals surface area contributed by atoms with Crippen molar-refractivity contribution >= 4 is 26.9 Å². The highest BCUT2D eigenvalue weighted by Gasteiger charge is 2.16. The number of benzene rings is 1. The fourth-order valence-electron chi connectivity index (χ4n) is 1.58. The second kappa shape index (κ2) is 3.86. The van der Waals surface area contributed by atoms with Gasteiger partial charge in [0.1, 0.15) is 4.90 Å². The Morgan fingerprint density at radius 2 is 2.12 bits per heavy atom. The summed E-state index contributed by atoms with van der Waals surface area (Å²) < 4.78 is 27.2. The minimum absolute atomic E-state index is 0.0433. The number of methoxy groups -OCH3 is 1. The van der Waals surface area contributed by atoms with E-state index < -0.39 is 16.0 Å². The van der Waals surface area contributed by atoms with Crippen molar-refractivity contribution in [3.05, 3.63) is 30.0 Å². The largest absolute Gasteiger partial charge is 0.465 e. The molecule has 90 valence electrons. The predicted molar refractivity (Wildman–Crippen MR) is 61.0 cm³/mol. The zero-order chi connectivity index (χ0) is 12.6. The Balaban J connectivity index is 2.71. The lowest BCUT2D eigenvalue weighted by molar-refractivity contribution is 0.0601. The highest BCUT2D eigenvalue weighted by molar-refractivity contribution is 7.89. The van der Waals surface area contributed by atoms with Crippen LogP contribution in [-0.2, 0) is 14.8 Å². The van der Waals surface area contributed by atoms with E-state index in [1.54, 1.807) is 6.07 Å². The number of carbonyl (C=O) groups is 1. The third-order valence-corrected chi connectivity index (χ3v) is 3.32. The second-order valence-electron chi connectivity index (χ2n) is 3.45. The number of nitrogens with two attached hydrogens (primary N) is 1. The number of rotatable bonds is 2. The number of esters is 1. The Kier molecular flexibility index (Phi) is 2.64. The van der Waals surface area contributed by atoms with Gasteiger partial charge >= 0.3 is 5.97 Å². The van der Waals surface area contributed by atoms with E-state index in [4.69, 9.17) is 5.14 Å². The first kappa shape index (κ1) is 11.6. The van der Waals surface area contributed by atoms with Gasteiger partial charge < -0.3 is 9.72 Å². The molecule has 6 nitrogen and oxygen atoms in total. The summed E-state index contributed by atoms with van der Waals surface area (Å²) in [5.74, 6) is -0.534. The molecule has 0 radical (unpaired) electrons. The minimum Gasteiger partial charge on any atom is -0.465 e. The van der Waals surface area contributed by atoms with Gasteiger partial charge in [0, 0.05) is 17.1 Å². The molecule has 0 spiro atoms. The van der Waals surface area contributed by atoms with Crippen LogP contribution in [0.15, 0.2) is 29.3 Å². The first-order valence-corrected chi connectivity index (χ1v) is 6.20. The van der Waals surface area contributed by atoms with Gasteiger partial charge in [-0.15, -0.1) is 0 Å². The van der Waals surface area contributed by atoms with E-state index in [1.807, 2.05) is 0 Å². The molecule has 0 atom stereocenters. The number of aromatic nitrogens is 1. The maximum Gasteiger partial charge on any atom is 0.337 e. The molecular formula is C10H10N2O4S. The Bertz CT molecular complexity index is 687. The molecule has 0 unspecified atom stereocenters. The highest BCUT2D eigenvalue weighted by Crippen LogP contribution is 2.23. The fourth-order valence-corrected chi connectivity index (χ4v) is 2.27. The van der Waals surface area contributed by atoms with Crippen molar-refractivity contribution in [3.8, 4) is 0 Å². The number of carbonyl (C=O) groups excluding carboxylic acids is 1. The lowest BCUT2D eigenvalue weighted by Crippen LogP contribution is -2.11. The maximum absolute atomic E-state index is 11.3. The summed E-state index contributed by atoms with van der Waals surface area (Å²) in [5, 5.41) is 5.43. The smallest absolute Gasteiger partial charge is 0.337 e. The summed E-state index contributed by atoms with van der Waals surface area (Å²) in [6.07, 6.45) is 1.29. The lowest BCUT2D eigenvalue weighted by Gasteiger charge is -2.00. The van der Waals surface area contributed by atoms with Gasteiger partial charge in [0.25, 0.3) is 0 Å². The third-order valence-electron chi connectivity index (χ3n) is 2.37. The van der Waals surface area contributed by atoms with E-state index in [1.165, 1.54) is 25.4 Å². The van der Waals surface area contributed by atoms with Gasteiger partial charge in [0.15, 0.2) is 0 Å². The average Bonchev–Trinajstić information content (AvgIpc) is 2.70. The first-order valence-electron chi connectivity index (χ1n) is 4.66. The number of aromatic amines is 1. The van der Waals surface area contributed by atoms with E-state index in [2.05, 4.69) is 9.72 Å². The van der Waals surface area contributed by atoms with Crippen molar-refractivity contribution in [2.24, 2.45) is 5.14 Å². The summed E-state index contributed by atoms with van der Waals surface area (Å²) in [6, 6.07) is 4.56. The second-order valence-corrected chi connectivity index (χ2v) is 4.98. The Labute approximate surface area is 97.4 Å². The number of sulfonamides is 1. The van der Waals surface area contributed by atoms with Crippen LogP contribution >= 0.6 is 0 Å². The summed E-state index contributed by atoms with van der Waals surface area (Å²) in [6.45, 7) is 0. The van der Waals surface area contributed by atoms with E-state index in [0.29, 0.717) is 10.9 Å². The molecule has 2 aromatic rings. The molecule has 0 saturated carbocycles. The van der Waals surface area contributed by atoms with E-state index in [9.17, 15) is 13.2 Å². The van der Waals surface area contributed by atoms with Crippen molar-refractivity contribution in [2.75, 3.05) is 7.11 Å². The highest BCUT2D eigenvalue weighted by atomic mass is 32.2. The van der Waals surface area contributed by atoms with Crippen molar-refractivity contribution in [2.45, 2.75) is 4.90 Å². The summed E-state index contributed by atoms with van der Waals surface area (Å²) in [5.41, 5.74) is 0.853. The van der Waals surface area contributed by atoms with E-state index >= 15 is 0 Å². The first-order chi connectivity index (χ1) is 7.93. The minimum atomic E-state index is -3.82. The topological polar surface area (TPSA) is 102 Å². The van der Waals surface area contributed by atoms with Crippen LogP contribution in [0.3, 0.4) is 0 Å².